The smallest absolute Gasteiger partial charge is 0.278 e. The fourth-order valence-corrected chi connectivity index (χ4v) is 4.02. The van der Waals surface area contributed by atoms with Gasteiger partial charge in [0.15, 0.2) is 0 Å². The van der Waals surface area contributed by atoms with Crippen molar-refractivity contribution in [3.05, 3.63) is 70.4 Å². The third-order valence-corrected chi connectivity index (χ3v) is 5.64. The standard InChI is InChI=1S/C23H24N2O2/c1-4-24-22(26)20(18-12-11-15(2)16(3)14-18)21(23(24)27)25-13-7-9-17-8-5-6-10-19(17)25/h5-6,8,10-12,14H,4,7,9,13H2,1-3H3. The SMILES string of the molecule is CCN1C(=O)C(c2ccc(C)c(C)c2)=C(N2CCCc3ccccc32)C1=O. The molecule has 2 amide bonds. The van der Waals surface area contributed by atoms with Gasteiger partial charge in [0.2, 0.25) is 0 Å². The number of aryl methyl sites for hydroxylation is 3. The summed E-state index contributed by atoms with van der Waals surface area (Å²) < 4.78 is 0. The summed E-state index contributed by atoms with van der Waals surface area (Å²) in [6, 6.07) is 14.2. The van der Waals surface area contributed by atoms with Gasteiger partial charge in [-0.3, -0.25) is 14.5 Å². The minimum Gasteiger partial charge on any atom is -0.336 e. The lowest BCUT2D eigenvalue weighted by Crippen LogP contribution is -2.37. The Balaban J connectivity index is 1.93. The van der Waals surface area contributed by atoms with Gasteiger partial charge in [0, 0.05) is 18.8 Å². The first-order chi connectivity index (χ1) is 13.0. The van der Waals surface area contributed by atoms with E-state index in [4.69, 9.17) is 0 Å². The lowest BCUT2D eigenvalue weighted by Gasteiger charge is -2.32. The summed E-state index contributed by atoms with van der Waals surface area (Å²) in [6.45, 7) is 7.06. The van der Waals surface area contributed by atoms with Crippen LogP contribution in [-0.4, -0.2) is 29.8 Å². The van der Waals surface area contributed by atoms with Gasteiger partial charge in [-0.15, -0.1) is 0 Å². The predicted molar refractivity (Wildman–Crippen MR) is 107 cm³/mol. The van der Waals surface area contributed by atoms with E-state index in [0.29, 0.717) is 17.8 Å². The summed E-state index contributed by atoms with van der Waals surface area (Å²) >= 11 is 0. The number of likely N-dealkylation sites (N-methyl/N-ethyl adjacent to an activating group) is 1. The maximum Gasteiger partial charge on any atom is 0.278 e. The van der Waals surface area contributed by atoms with Crippen molar-refractivity contribution in [2.75, 3.05) is 18.0 Å². The highest BCUT2D eigenvalue weighted by Gasteiger charge is 2.41. The molecule has 138 valence electrons. The van der Waals surface area contributed by atoms with Gasteiger partial charge in [-0.05, 0) is 61.9 Å². The maximum absolute atomic E-state index is 13.2. The second kappa shape index (κ2) is 6.69. The zero-order chi connectivity index (χ0) is 19.1. The molecule has 2 aliphatic heterocycles. The molecule has 2 heterocycles. The molecule has 0 saturated heterocycles. The van der Waals surface area contributed by atoms with Gasteiger partial charge >= 0.3 is 0 Å². The Morgan fingerprint density at radius 1 is 0.963 bits per heavy atom. The van der Waals surface area contributed by atoms with Gasteiger partial charge in [-0.2, -0.15) is 0 Å². The van der Waals surface area contributed by atoms with Crippen LogP contribution in [0.3, 0.4) is 0 Å². The number of para-hydroxylation sites is 1. The molecule has 27 heavy (non-hydrogen) atoms. The monoisotopic (exact) mass is 360 g/mol. The van der Waals surface area contributed by atoms with E-state index >= 15 is 0 Å². The lowest BCUT2D eigenvalue weighted by atomic mass is 9.97. The van der Waals surface area contributed by atoms with Crippen LogP contribution in [0.5, 0.6) is 0 Å². The Bertz CT molecular complexity index is 974. The number of hydrogen-bond donors (Lipinski definition) is 0. The number of nitrogens with zero attached hydrogens (tertiary/aromatic N) is 2. The summed E-state index contributed by atoms with van der Waals surface area (Å²) in [5, 5.41) is 0. The highest BCUT2D eigenvalue weighted by molar-refractivity contribution is 6.36. The first kappa shape index (κ1) is 17.5. The van der Waals surface area contributed by atoms with Crippen LogP contribution in [0, 0.1) is 13.8 Å². The van der Waals surface area contributed by atoms with Gasteiger partial charge in [0.25, 0.3) is 11.8 Å². The molecule has 2 aromatic rings. The molecule has 0 unspecified atom stereocenters. The molecule has 4 nitrogen and oxygen atoms in total. The predicted octanol–water partition coefficient (Wildman–Crippen LogP) is 3.86. The highest BCUT2D eigenvalue weighted by atomic mass is 16.2. The van der Waals surface area contributed by atoms with Crippen molar-refractivity contribution in [1.82, 2.24) is 4.90 Å². The van der Waals surface area contributed by atoms with Crippen molar-refractivity contribution >= 4 is 23.1 Å². The molecule has 4 rings (SSSR count). The van der Waals surface area contributed by atoms with E-state index in [1.54, 1.807) is 0 Å². The van der Waals surface area contributed by atoms with Crippen molar-refractivity contribution < 1.29 is 9.59 Å². The van der Waals surface area contributed by atoms with Gasteiger partial charge in [-0.25, -0.2) is 0 Å². The number of anilines is 1. The molecular formula is C23H24N2O2. The Labute approximate surface area is 160 Å². The number of amides is 2. The molecule has 0 spiro atoms. The molecule has 0 aromatic heterocycles. The zero-order valence-corrected chi connectivity index (χ0v) is 16.1. The van der Waals surface area contributed by atoms with Gasteiger partial charge in [-0.1, -0.05) is 36.4 Å². The minimum atomic E-state index is -0.191. The van der Waals surface area contributed by atoms with Crippen LogP contribution in [0.4, 0.5) is 5.69 Å². The van der Waals surface area contributed by atoms with Crippen LogP contribution >= 0.6 is 0 Å². The van der Waals surface area contributed by atoms with E-state index in [1.807, 2.05) is 50.2 Å². The zero-order valence-electron chi connectivity index (χ0n) is 16.1. The van der Waals surface area contributed by atoms with Crippen molar-refractivity contribution in [3.63, 3.8) is 0 Å². The second-order valence-electron chi connectivity index (χ2n) is 7.26. The van der Waals surface area contributed by atoms with Crippen molar-refractivity contribution in [3.8, 4) is 0 Å². The Morgan fingerprint density at radius 3 is 2.48 bits per heavy atom. The molecule has 4 heteroatoms. The largest absolute Gasteiger partial charge is 0.336 e. The number of rotatable bonds is 3. The number of benzene rings is 2. The molecule has 0 N–H and O–H groups in total. The van der Waals surface area contributed by atoms with Crippen LogP contribution in [0.1, 0.15) is 35.6 Å². The second-order valence-corrected chi connectivity index (χ2v) is 7.26. The molecule has 0 fully saturated rings. The van der Waals surface area contributed by atoms with Crippen LogP contribution in [0.2, 0.25) is 0 Å². The number of fused-ring (bicyclic) bond motifs is 1. The first-order valence-electron chi connectivity index (χ1n) is 9.56. The van der Waals surface area contributed by atoms with Gasteiger partial charge in [0.1, 0.15) is 5.70 Å². The fraction of sp³-hybridized carbons (Fsp3) is 0.304. The molecule has 0 saturated carbocycles. The Morgan fingerprint density at radius 2 is 1.74 bits per heavy atom. The van der Waals surface area contributed by atoms with Gasteiger partial charge < -0.3 is 4.90 Å². The van der Waals surface area contributed by atoms with E-state index in [0.717, 1.165) is 36.2 Å². The molecule has 0 bridgehead atoms. The van der Waals surface area contributed by atoms with E-state index in [2.05, 4.69) is 17.9 Å². The van der Waals surface area contributed by atoms with Crippen LogP contribution in [0.25, 0.3) is 5.57 Å². The molecule has 2 aliphatic rings. The quantitative estimate of drug-likeness (QED) is 0.781. The van der Waals surface area contributed by atoms with E-state index in [-0.39, 0.29) is 11.8 Å². The van der Waals surface area contributed by atoms with Crippen LogP contribution in [0.15, 0.2) is 48.2 Å². The fourth-order valence-electron chi connectivity index (χ4n) is 4.02. The molecule has 2 aromatic carbocycles. The topological polar surface area (TPSA) is 40.6 Å². The average molecular weight is 360 g/mol. The molecule has 0 atom stereocenters. The first-order valence-corrected chi connectivity index (χ1v) is 9.56. The van der Waals surface area contributed by atoms with Crippen molar-refractivity contribution in [1.29, 1.82) is 0 Å². The molecular weight excluding hydrogens is 336 g/mol. The normalized spacial score (nSPS) is 17.0. The minimum absolute atomic E-state index is 0.188. The van der Waals surface area contributed by atoms with E-state index in [9.17, 15) is 9.59 Å². The third kappa shape index (κ3) is 2.76. The Kier molecular flexibility index (Phi) is 4.34. The number of carbonyl (C=O) groups is 2. The highest BCUT2D eigenvalue weighted by Crippen LogP contribution is 2.38. The summed E-state index contributed by atoms with van der Waals surface area (Å²) in [5.41, 5.74) is 6.44. The van der Waals surface area contributed by atoms with E-state index < -0.39 is 0 Å². The van der Waals surface area contributed by atoms with E-state index in [1.165, 1.54) is 16.0 Å². The molecule has 0 aliphatic carbocycles. The maximum atomic E-state index is 13.2. The number of imide groups is 1. The number of hydrogen-bond acceptors (Lipinski definition) is 3. The van der Waals surface area contributed by atoms with Crippen molar-refractivity contribution in [2.45, 2.75) is 33.6 Å². The van der Waals surface area contributed by atoms with Gasteiger partial charge in [0.05, 0.1) is 5.57 Å². The lowest BCUT2D eigenvalue weighted by molar-refractivity contribution is -0.136. The number of carbonyl (C=O) groups excluding carboxylic acids is 2. The summed E-state index contributed by atoms with van der Waals surface area (Å²) in [6.07, 6.45) is 1.97. The van der Waals surface area contributed by atoms with Crippen molar-refractivity contribution in [2.24, 2.45) is 0 Å². The summed E-state index contributed by atoms with van der Waals surface area (Å²) in [4.78, 5) is 29.7. The summed E-state index contributed by atoms with van der Waals surface area (Å²) in [7, 11) is 0. The molecule has 0 radical (unpaired) electrons. The van der Waals surface area contributed by atoms with Crippen LogP contribution < -0.4 is 4.90 Å². The Hall–Kier alpha value is -2.88. The average Bonchev–Trinajstić information content (AvgIpc) is 2.93. The van der Waals surface area contributed by atoms with Crippen LogP contribution in [-0.2, 0) is 16.0 Å². The summed E-state index contributed by atoms with van der Waals surface area (Å²) in [5.74, 6) is -0.378. The third-order valence-electron chi connectivity index (χ3n) is 5.64.